The Kier molecular flexibility index (Phi) is 3.21. The minimum absolute atomic E-state index is 0.149. The zero-order chi connectivity index (χ0) is 14.3. The van der Waals surface area contributed by atoms with Gasteiger partial charge in [0.25, 0.3) is 0 Å². The monoisotopic (exact) mass is 299 g/mol. The van der Waals surface area contributed by atoms with Crippen molar-refractivity contribution in [1.29, 1.82) is 0 Å². The molecule has 2 heterocycles. The molecule has 2 aromatic rings. The molecular weight excluding hydrogens is 285 g/mol. The van der Waals surface area contributed by atoms with Gasteiger partial charge in [-0.3, -0.25) is 4.57 Å². The van der Waals surface area contributed by atoms with Gasteiger partial charge in [0.15, 0.2) is 11.5 Å². The Morgan fingerprint density at radius 1 is 1.40 bits per heavy atom. The minimum atomic E-state index is -4.10. The fraction of sp³-hybridized carbons (Fsp3) is 0.500. The Morgan fingerprint density at radius 2 is 2.15 bits per heavy atom. The maximum absolute atomic E-state index is 10.7. The summed E-state index contributed by atoms with van der Waals surface area (Å²) in [4.78, 5) is 29.7. The number of anilines is 1. The molecule has 0 atom stereocenters. The normalized spacial score (nSPS) is 22.9. The summed E-state index contributed by atoms with van der Waals surface area (Å²) in [6.07, 6.45) is 3.68. The molecule has 108 valence electrons. The predicted octanol–water partition coefficient (Wildman–Crippen LogP) is 0.264. The number of rotatable bonds is 4. The molecule has 20 heavy (non-hydrogen) atoms. The molecule has 1 aliphatic rings. The van der Waals surface area contributed by atoms with Crippen LogP contribution in [-0.2, 0) is 9.30 Å². The van der Waals surface area contributed by atoms with E-state index in [1.165, 1.54) is 6.33 Å². The fourth-order valence-electron chi connectivity index (χ4n) is 2.24. The van der Waals surface area contributed by atoms with E-state index in [1.807, 2.05) is 4.57 Å². The van der Waals surface area contributed by atoms with Crippen LogP contribution < -0.4 is 5.73 Å². The molecule has 0 saturated heterocycles. The fourth-order valence-corrected chi connectivity index (χ4v) is 2.65. The molecule has 0 bridgehead atoms. The Balaban J connectivity index is 1.67. The van der Waals surface area contributed by atoms with E-state index in [9.17, 15) is 4.57 Å². The molecule has 0 aromatic carbocycles. The number of nitrogen functional groups attached to an aromatic ring is 1. The van der Waals surface area contributed by atoms with Crippen molar-refractivity contribution < 1.29 is 19.1 Å². The number of nitrogens with two attached hydrogens (primary N) is 1. The zero-order valence-corrected chi connectivity index (χ0v) is 11.3. The summed E-state index contributed by atoms with van der Waals surface area (Å²) in [6.45, 7) is 0. The van der Waals surface area contributed by atoms with Gasteiger partial charge in [0, 0.05) is 6.04 Å². The third-order valence-corrected chi connectivity index (χ3v) is 3.81. The summed E-state index contributed by atoms with van der Waals surface area (Å²) in [5, 5.41) is 0. The van der Waals surface area contributed by atoms with Gasteiger partial charge in [-0.1, -0.05) is 0 Å². The van der Waals surface area contributed by atoms with Gasteiger partial charge < -0.3 is 24.8 Å². The van der Waals surface area contributed by atoms with Crippen molar-refractivity contribution in [3.05, 3.63) is 12.7 Å². The van der Waals surface area contributed by atoms with Gasteiger partial charge in [-0.15, -0.1) is 0 Å². The number of hydrogen-bond acceptors (Lipinski definition) is 6. The van der Waals surface area contributed by atoms with E-state index >= 15 is 0 Å². The van der Waals surface area contributed by atoms with Crippen molar-refractivity contribution in [1.82, 2.24) is 19.5 Å². The summed E-state index contributed by atoms with van der Waals surface area (Å²) < 4.78 is 17.8. The molecule has 1 fully saturated rings. The Labute approximate surface area is 114 Å². The van der Waals surface area contributed by atoms with Gasteiger partial charge in [-0.2, -0.15) is 0 Å². The summed E-state index contributed by atoms with van der Waals surface area (Å²) in [5.74, 6) is 0.336. The third-order valence-electron chi connectivity index (χ3n) is 3.33. The van der Waals surface area contributed by atoms with E-state index in [0.717, 1.165) is 0 Å². The van der Waals surface area contributed by atoms with Crippen LogP contribution in [0.4, 0.5) is 5.82 Å². The molecule has 3 rings (SSSR count). The standard InChI is InChI=1S/C10H14N5O4P/c11-9-8-10(13-3-12-9)15(4-14-8)6-1-7(2-6)19-5-20(16,17)18/h3-4,6-7H,1-2,5H2,(H2,11,12,13)(H2,16,17,18)/t6-,7+. The summed E-state index contributed by atoms with van der Waals surface area (Å²) in [6, 6.07) is 0.149. The molecule has 0 spiro atoms. The van der Waals surface area contributed by atoms with Crippen molar-refractivity contribution in [2.45, 2.75) is 25.0 Å². The van der Waals surface area contributed by atoms with Gasteiger partial charge in [-0.25, -0.2) is 15.0 Å². The van der Waals surface area contributed by atoms with Crippen LogP contribution >= 0.6 is 7.60 Å². The van der Waals surface area contributed by atoms with Crippen molar-refractivity contribution in [3.8, 4) is 0 Å². The molecule has 0 radical (unpaired) electrons. The van der Waals surface area contributed by atoms with Crippen LogP contribution in [0.25, 0.3) is 11.2 Å². The number of nitrogens with zero attached hydrogens (tertiary/aromatic N) is 4. The van der Waals surface area contributed by atoms with Crippen molar-refractivity contribution in [2.24, 2.45) is 0 Å². The second-order valence-electron chi connectivity index (χ2n) is 4.79. The molecule has 0 amide bonds. The predicted molar refractivity (Wildman–Crippen MR) is 69.8 cm³/mol. The highest BCUT2D eigenvalue weighted by atomic mass is 31.2. The molecule has 9 nitrogen and oxygen atoms in total. The molecule has 10 heteroatoms. The topological polar surface area (TPSA) is 136 Å². The lowest BCUT2D eigenvalue weighted by molar-refractivity contribution is -0.00914. The van der Waals surface area contributed by atoms with Gasteiger partial charge >= 0.3 is 7.60 Å². The smallest absolute Gasteiger partial charge is 0.350 e. The molecule has 0 unspecified atom stereocenters. The summed E-state index contributed by atoms with van der Waals surface area (Å²) in [7, 11) is -4.10. The van der Waals surface area contributed by atoms with E-state index in [4.69, 9.17) is 20.3 Å². The highest BCUT2D eigenvalue weighted by Crippen LogP contribution is 2.40. The lowest BCUT2D eigenvalue weighted by atomic mass is 9.89. The van der Waals surface area contributed by atoms with E-state index < -0.39 is 13.9 Å². The SMILES string of the molecule is Nc1ncnc2c1ncn2[C@H]1C[C@@H](OCP(=O)(O)O)C1. The lowest BCUT2D eigenvalue weighted by Crippen LogP contribution is -2.33. The summed E-state index contributed by atoms with van der Waals surface area (Å²) in [5.41, 5.74) is 6.94. The largest absolute Gasteiger partial charge is 0.382 e. The minimum Gasteiger partial charge on any atom is -0.382 e. The average molecular weight is 299 g/mol. The van der Waals surface area contributed by atoms with Gasteiger partial charge in [-0.05, 0) is 12.8 Å². The van der Waals surface area contributed by atoms with Crippen LogP contribution in [0.15, 0.2) is 12.7 Å². The maximum Gasteiger partial charge on any atom is 0.350 e. The molecule has 4 N–H and O–H groups in total. The van der Waals surface area contributed by atoms with E-state index in [0.29, 0.717) is 29.8 Å². The van der Waals surface area contributed by atoms with Gasteiger partial charge in [0.2, 0.25) is 0 Å². The number of ether oxygens (including phenoxy) is 1. The first kappa shape index (κ1) is 13.4. The molecular formula is C10H14N5O4P. The second kappa shape index (κ2) is 4.78. The van der Waals surface area contributed by atoms with Crippen LogP contribution in [0.5, 0.6) is 0 Å². The number of fused-ring (bicyclic) bond motifs is 1. The first-order chi connectivity index (χ1) is 9.44. The number of imidazole rings is 1. The quantitative estimate of drug-likeness (QED) is 0.684. The van der Waals surface area contributed by atoms with E-state index in [-0.39, 0.29) is 12.1 Å². The zero-order valence-electron chi connectivity index (χ0n) is 10.5. The lowest BCUT2D eigenvalue weighted by Gasteiger charge is -2.35. The van der Waals surface area contributed by atoms with Crippen LogP contribution in [0.2, 0.25) is 0 Å². The van der Waals surface area contributed by atoms with Crippen LogP contribution in [0.3, 0.4) is 0 Å². The maximum atomic E-state index is 10.7. The highest BCUT2D eigenvalue weighted by Gasteiger charge is 2.34. The van der Waals surface area contributed by atoms with Crippen molar-refractivity contribution in [2.75, 3.05) is 12.1 Å². The van der Waals surface area contributed by atoms with Gasteiger partial charge in [0.05, 0.1) is 12.4 Å². The molecule has 0 aliphatic heterocycles. The van der Waals surface area contributed by atoms with Crippen LogP contribution in [0.1, 0.15) is 18.9 Å². The van der Waals surface area contributed by atoms with Crippen molar-refractivity contribution in [3.63, 3.8) is 0 Å². The molecule has 1 saturated carbocycles. The van der Waals surface area contributed by atoms with Crippen LogP contribution in [0, 0.1) is 0 Å². The second-order valence-corrected chi connectivity index (χ2v) is 6.38. The first-order valence-electron chi connectivity index (χ1n) is 6.03. The third kappa shape index (κ3) is 2.53. The summed E-state index contributed by atoms with van der Waals surface area (Å²) >= 11 is 0. The van der Waals surface area contributed by atoms with E-state index in [2.05, 4.69) is 15.0 Å². The molecule has 2 aromatic heterocycles. The Bertz CT molecular complexity index is 677. The van der Waals surface area contributed by atoms with Crippen LogP contribution in [-0.4, -0.2) is 41.8 Å². The Morgan fingerprint density at radius 3 is 2.85 bits per heavy atom. The van der Waals surface area contributed by atoms with Gasteiger partial charge in [0.1, 0.15) is 18.2 Å². The number of aromatic nitrogens is 4. The highest BCUT2D eigenvalue weighted by molar-refractivity contribution is 7.51. The van der Waals surface area contributed by atoms with Crippen molar-refractivity contribution >= 4 is 24.6 Å². The Hall–Kier alpha value is -1.54. The average Bonchev–Trinajstić information content (AvgIpc) is 2.71. The van der Waals surface area contributed by atoms with E-state index in [1.54, 1.807) is 6.33 Å². The molecule has 1 aliphatic carbocycles. The number of hydrogen-bond donors (Lipinski definition) is 3. The first-order valence-corrected chi connectivity index (χ1v) is 7.83.